The Morgan fingerprint density at radius 3 is 2.41 bits per heavy atom. The van der Waals surface area contributed by atoms with Gasteiger partial charge in [0.1, 0.15) is 0 Å². The molecule has 3 aromatic rings. The van der Waals surface area contributed by atoms with Gasteiger partial charge in [-0.3, -0.25) is 4.79 Å². The van der Waals surface area contributed by atoms with E-state index < -0.39 is 5.97 Å². The molecule has 178 valence electrons. The number of amides is 1. The summed E-state index contributed by atoms with van der Waals surface area (Å²) in [5, 5.41) is 4.47. The summed E-state index contributed by atoms with van der Waals surface area (Å²) in [5.41, 5.74) is 3.04. The summed E-state index contributed by atoms with van der Waals surface area (Å²) in [6.07, 6.45) is 4.33. The number of hydrogen-bond acceptors (Lipinski definition) is 6. The second kappa shape index (κ2) is 11.0. The molecule has 1 aliphatic rings. The van der Waals surface area contributed by atoms with Crippen LogP contribution in [0.1, 0.15) is 43.6 Å². The van der Waals surface area contributed by atoms with Crippen LogP contribution in [0.2, 0.25) is 0 Å². The van der Waals surface area contributed by atoms with Crippen molar-refractivity contribution in [3.05, 3.63) is 60.4 Å². The van der Waals surface area contributed by atoms with Crippen molar-refractivity contribution in [3.8, 4) is 17.1 Å². The Balaban J connectivity index is 1.52. The Morgan fingerprint density at radius 2 is 1.76 bits per heavy atom. The average Bonchev–Trinajstić information content (AvgIpc) is 3.34. The zero-order chi connectivity index (χ0) is 23.9. The van der Waals surface area contributed by atoms with Gasteiger partial charge in [-0.2, -0.15) is 5.10 Å². The minimum Gasteiger partial charge on any atom is -0.461 e. The van der Waals surface area contributed by atoms with Crippen LogP contribution in [0, 0.1) is 0 Å². The average molecular weight is 462 g/mol. The van der Waals surface area contributed by atoms with Crippen molar-refractivity contribution in [2.45, 2.75) is 33.1 Å². The van der Waals surface area contributed by atoms with E-state index in [0.29, 0.717) is 12.2 Å². The SMILES string of the molecule is CCCCC(=O)N1CCN(c2ccc(-c3cc(C(=O)OCC)nn3-c3ccccn3)cc2)CC1. The first-order valence-corrected chi connectivity index (χ1v) is 11.9. The van der Waals surface area contributed by atoms with Crippen LogP contribution >= 0.6 is 0 Å². The molecule has 8 heteroatoms. The molecule has 0 N–H and O–H groups in total. The van der Waals surface area contributed by atoms with E-state index >= 15 is 0 Å². The predicted molar refractivity (Wildman–Crippen MR) is 131 cm³/mol. The third kappa shape index (κ3) is 5.27. The number of unbranched alkanes of at least 4 members (excludes halogenated alkanes) is 1. The molecule has 0 atom stereocenters. The normalized spacial score (nSPS) is 13.7. The van der Waals surface area contributed by atoms with Crippen LogP contribution in [0.4, 0.5) is 5.69 Å². The minimum atomic E-state index is -0.457. The lowest BCUT2D eigenvalue weighted by atomic mass is 10.1. The molecule has 34 heavy (non-hydrogen) atoms. The van der Waals surface area contributed by atoms with E-state index in [2.05, 4.69) is 34.0 Å². The van der Waals surface area contributed by atoms with Crippen molar-refractivity contribution in [3.63, 3.8) is 0 Å². The molecule has 0 unspecified atom stereocenters. The summed E-state index contributed by atoms with van der Waals surface area (Å²) in [5.74, 6) is 0.430. The Labute approximate surface area is 200 Å². The van der Waals surface area contributed by atoms with Gasteiger partial charge in [-0.15, -0.1) is 0 Å². The first kappa shape index (κ1) is 23.5. The molecule has 0 spiro atoms. The fourth-order valence-corrected chi connectivity index (χ4v) is 4.09. The molecule has 0 radical (unpaired) electrons. The topological polar surface area (TPSA) is 80.6 Å². The van der Waals surface area contributed by atoms with Gasteiger partial charge in [0.2, 0.25) is 5.91 Å². The van der Waals surface area contributed by atoms with Crippen LogP contribution in [0.15, 0.2) is 54.7 Å². The fourth-order valence-electron chi connectivity index (χ4n) is 4.09. The highest BCUT2D eigenvalue weighted by molar-refractivity contribution is 5.89. The number of hydrogen-bond donors (Lipinski definition) is 0. The smallest absolute Gasteiger partial charge is 0.358 e. The second-order valence-corrected chi connectivity index (χ2v) is 8.25. The largest absolute Gasteiger partial charge is 0.461 e. The first-order chi connectivity index (χ1) is 16.6. The molecule has 0 saturated carbocycles. The number of esters is 1. The number of benzene rings is 1. The van der Waals surface area contributed by atoms with Gasteiger partial charge in [-0.25, -0.2) is 14.5 Å². The van der Waals surface area contributed by atoms with Crippen molar-refractivity contribution in [2.24, 2.45) is 0 Å². The van der Waals surface area contributed by atoms with Gasteiger partial charge in [0.15, 0.2) is 11.5 Å². The first-order valence-electron chi connectivity index (χ1n) is 11.9. The van der Waals surface area contributed by atoms with E-state index in [0.717, 1.165) is 56.0 Å². The van der Waals surface area contributed by atoms with E-state index in [-0.39, 0.29) is 18.2 Å². The van der Waals surface area contributed by atoms with Crippen molar-refractivity contribution >= 4 is 17.6 Å². The van der Waals surface area contributed by atoms with Crippen LogP contribution in [-0.2, 0) is 9.53 Å². The number of aromatic nitrogens is 3. The molecule has 1 fully saturated rings. The Hall–Kier alpha value is -3.68. The molecule has 8 nitrogen and oxygen atoms in total. The summed E-state index contributed by atoms with van der Waals surface area (Å²) in [7, 11) is 0. The number of ether oxygens (including phenoxy) is 1. The summed E-state index contributed by atoms with van der Waals surface area (Å²) >= 11 is 0. The van der Waals surface area contributed by atoms with Gasteiger partial charge < -0.3 is 14.5 Å². The summed E-state index contributed by atoms with van der Waals surface area (Å²) in [4.78, 5) is 33.3. The van der Waals surface area contributed by atoms with Gasteiger partial charge in [-0.05, 0) is 43.7 Å². The molecule has 1 saturated heterocycles. The van der Waals surface area contributed by atoms with Crippen LogP contribution in [0.5, 0.6) is 0 Å². The maximum absolute atomic E-state index is 12.3. The zero-order valence-corrected chi connectivity index (χ0v) is 19.8. The van der Waals surface area contributed by atoms with Crippen molar-refractivity contribution < 1.29 is 14.3 Å². The molecule has 0 aliphatic carbocycles. The van der Waals surface area contributed by atoms with Crippen LogP contribution in [0.3, 0.4) is 0 Å². The quantitative estimate of drug-likeness (QED) is 0.473. The standard InChI is InChI=1S/C26H31N5O3/c1-3-5-9-25(32)30-17-15-29(16-18-30)21-12-10-20(11-13-21)23-19-22(26(33)34-4-2)28-31(23)24-8-6-7-14-27-24/h6-8,10-14,19H,3-5,9,15-18H2,1-2H3. The van der Waals surface area contributed by atoms with Gasteiger partial charge in [-0.1, -0.05) is 31.5 Å². The molecule has 1 aliphatic heterocycles. The summed E-state index contributed by atoms with van der Waals surface area (Å²) < 4.78 is 6.81. The fraction of sp³-hybridized carbons (Fsp3) is 0.385. The molecule has 4 rings (SSSR count). The van der Waals surface area contributed by atoms with Crippen LogP contribution < -0.4 is 4.90 Å². The van der Waals surface area contributed by atoms with Crippen molar-refractivity contribution in [2.75, 3.05) is 37.7 Å². The molecule has 1 amide bonds. The number of anilines is 1. The maximum atomic E-state index is 12.3. The number of carbonyl (C=O) groups is 2. The molecular weight excluding hydrogens is 430 g/mol. The van der Waals surface area contributed by atoms with E-state index in [1.165, 1.54) is 0 Å². The highest BCUT2D eigenvalue weighted by Crippen LogP contribution is 2.27. The van der Waals surface area contributed by atoms with E-state index in [4.69, 9.17) is 4.74 Å². The van der Waals surface area contributed by atoms with E-state index in [1.807, 2.05) is 35.2 Å². The lowest BCUT2D eigenvalue weighted by Crippen LogP contribution is -2.48. The number of rotatable bonds is 8. The monoisotopic (exact) mass is 461 g/mol. The Bertz CT molecular complexity index is 1100. The number of carbonyl (C=O) groups excluding carboxylic acids is 2. The zero-order valence-electron chi connectivity index (χ0n) is 19.8. The third-order valence-corrected chi connectivity index (χ3v) is 5.97. The predicted octanol–water partition coefficient (Wildman–Crippen LogP) is 3.95. The van der Waals surface area contributed by atoms with Gasteiger partial charge in [0, 0.05) is 50.0 Å². The molecule has 0 bridgehead atoms. The third-order valence-electron chi connectivity index (χ3n) is 5.97. The van der Waals surface area contributed by atoms with Gasteiger partial charge in [0.25, 0.3) is 0 Å². The number of piperazine rings is 1. The lowest BCUT2D eigenvalue weighted by molar-refractivity contribution is -0.131. The Kier molecular flexibility index (Phi) is 7.57. The summed E-state index contributed by atoms with van der Waals surface area (Å²) in [6.45, 7) is 7.30. The molecule has 3 heterocycles. The molecule has 2 aromatic heterocycles. The molecular formula is C26H31N5O3. The van der Waals surface area contributed by atoms with Crippen LogP contribution in [-0.4, -0.2) is 64.3 Å². The highest BCUT2D eigenvalue weighted by atomic mass is 16.5. The Morgan fingerprint density at radius 1 is 1.00 bits per heavy atom. The lowest BCUT2D eigenvalue weighted by Gasteiger charge is -2.36. The number of pyridine rings is 1. The van der Waals surface area contributed by atoms with Gasteiger partial charge in [0.05, 0.1) is 12.3 Å². The van der Waals surface area contributed by atoms with Crippen molar-refractivity contribution in [1.82, 2.24) is 19.7 Å². The number of nitrogens with zero attached hydrogens (tertiary/aromatic N) is 5. The summed E-state index contributed by atoms with van der Waals surface area (Å²) in [6, 6.07) is 15.5. The highest BCUT2D eigenvalue weighted by Gasteiger charge is 2.22. The maximum Gasteiger partial charge on any atom is 0.358 e. The van der Waals surface area contributed by atoms with E-state index in [1.54, 1.807) is 23.9 Å². The van der Waals surface area contributed by atoms with E-state index in [9.17, 15) is 9.59 Å². The second-order valence-electron chi connectivity index (χ2n) is 8.25. The molecule has 1 aromatic carbocycles. The van der Waals surface area contributed by atoms with Crippen LogP contribution in [0.25, 0.3) is 17.1 Å². The van der Waals surface area contributed by atoms with Crippen molar-refractivity contribution in [1.29, 1.82) is 0 Å². The minimum absolute atomic E-state index is 0.246. The van der Waals surface area contributed by atoms with Gasteiger partial charge >= 0.3 is 5.97 Å².